The number of amides is 2. The van der Waals surface area contributed by atoms with Crippen molar-refractivity contribution >= 4 is 36.9 Å². The highest BCUT2D eigenvalue weighted by atomic mass is 31.2. The molecule has 14 nitrogen and oxygen atoms in total. The summed E-state index contributed by atoms with van der Waals surface area (Å²) in [5.41, 5.74) is 0.921. The molecule has 0 bridgehead atoms. The van der Waals surface area contributed by atoms with E-state index in [-0.39, 0.29) is 47.3 Å². The maximum absolute atomic E-state index is 14.4. The van der Waals surface area contributed by atoms with Crippen LogP contribution in [0.1, 0.15) is 96.6 Å². The SMILES string of the molecule is CC1CC1(C)N[C@@H](C)C(=O)N[C@@H](C)C(=O)Nc1cccc(Cc2ccc([C@@H]3O[C@@H]4C[C@H]5[C@@H]6CCC7=CC(=O)C=C[C@]7(C)[C@H]6[C@@H](O)C[C@]5(C)[C@]4(C(=O)COP(=O)(O)O)O3)cc2)c1. The van der Waals surface area contributed by atoms with Crippen LogP contribution >= 0.6 is 7.82 Å². The zero-order valence-electron chi connectivity index (χ0n) is 35.6. The minimum atomic E-state index is -5.01. The van der Waals surface area contributed by atoms with Gasteiger partial charge < -0.3 is 40.3 Å². The number of carbonyl (C=O) groups is 4. The molecule has 2 amide bonds. The summed E-state index contributed by atoms with van der Waals surface area (Å²) in [6.07, 6.45) is 6.09. The van der Waals surface area contributed by atoms with Crippen molar-refractivity contribution in [2.75, 3.05) is 11.9 Å². The molecule has 328 valence electrons. The third-order valence-corrected chi connectivity index (χ3v) is 15.7. The number of carbonyl (C=O) groups excluding carboxylic acids is 4. The summed E-state index contributed by atoms with van der Waals surface area (Å²) < 4.78 is 30.0. The quantitative estimate of drug-likeness (QED) is 0.143. The van der Waals surface area contributed by atoms with Crippen molar-refractivity contribution in [3.05, 3.63) is 89.0 Å². The van der Waals surface area contributed by atoms with Gasteiger partial charge in [0.25, 0.3) is 0 Å². The van der Waals surface area contributed by atoms with Crippen molar-refractivity contribution in [1.29, 1.82) is 0 Å². The van der Waals surface area contributed by atoms with Gasteiger partial charge in [0.15, 0.2) is 23.5 Å². The number of rotatable bonds is 13. The molecule has 0 spiro atoms. The predicted octanol–water partition coefficient (Wildman–Crippen LogP) is 5.22. The lowest BCUT2D eigenvalue weighted by Crippen LogP contribution is -2.63. The van der Waals surface area contributed by atoms with E-state index >= 15 is 0 Å². The molecule has 0 radical (unpaired) electrons. The minimum Gasteiger partial charge on any atom is -0.393 e. The normalized spacial score (nSPS) is 37.0. The van der Waals surface area contributed by atoms with Crippen LogP contribution in [0.4, 0.5) is 5.69 Å². The van der Waals surface area contributed by atoms with E-state index in [2.05, 4.69) is 36.7 Å². The molecule has 15 heteroatoms. The van der Waals surface area contributed by atoms with E-state index in [1.165, 1.54) is 0 Å². The fourth-order valence-electron chi connectivity index (χ4n) is 11.7. The first-order chi connectivity index (χ1) is 28.7. The number of allylic oxidation sites excluding steroid dienone is 4. The lowest BCUT2D eigenvalue weighted by Gasteiger charge is -2.59. The minimum absolute atomic E-state index is 0.0383. The highest BCUT2D eigenvalue weighted by molar-refractivity contribution is 7.46. The largest absolute Gasteiger partial charge is 0.470 e. The Morgan fingerprint density at radius 1 is 1.00 bits per heavy atom. The van der Waals surface area contributed by atoms with Gasteiger partial charge in [-0.15, -0.1) is 0 Å². The number of aliphatic hydroxyl groups is 1. The van der Waals surface area contributed by atoms with Gasteiger partial charge in [0.05, 0.1) is 18.2 Å². The van der Waals surface area contributed by atoms with Crippen molar-refractivity contribution in [3.8, 4) is 0 Å². The molecule has 61 heavy (non-hydrogen) atoms. The summed E-state index contributed by atoms with van der Waals surface area (Å²) in [4.78, 5) is 71.7. The molecule has 8 rings (SSSR count). The molecule has 13 atom stereocenters. The standard InChI is InChI=1S/C46H58N3O11P/c1-25-22-45(25,6)49-27(3)41(54)47-26(2)40(53)48-32-9-7-8-29(19-32)18-28-10-12-30(13-11-28)42-59-38-21-35-34-15-14-31-20-33(50)16-17-43(31,4)39(34)36(51)23-44(35,5)46(38,60-42)37(52)24-58-61(55,56)57/h7-13,16-17,19-20,25-27,34-36,38-39,42,49,51H,14-15,18,21-24H2,1-6H3,(H,47,54)(H,48,53)(H2,55,56,57)/t25?,26-,27-,34-,35-,36-,38+,39+,42+,43-,44-,45?,46+/m0/s1. The van der Waals surface area contributed by atoms with Crippen LogP contribution in [0.3, 0.4) is 0 Å². The van der Waals surface area contributed by atoms with Gasteiger partial charge in [0.2, 0.25) is 11.8 Å². The van der Waals surface area contributed by atoms with E-state index in [0.29, 0.717) is 42.9 Å². The van der Waals surface area contributed by atoms with Gasteiger partial charge >= 0.3 is 7.82 Å². The van der Waals surface area contributed by atoms with Gasteiger partial charge in [-0.05, 0) is 112 Å². The van der Waals surface area contributed by atoms with Crippen LogP contribution in [0.25, 0.3) is 0 Å². The second kappa shape index (κ2) is 15.7. The predicted molar refractivity (Wildman–Crippen MR) is 225 cm³/mol. The number of anilines is 1. The summed E-state index contributed by atoms with van der Waals surface area (Å²) in [6.45, 7) is 10.8. The highest BCUT2D eigenvalue weighted by Crippen LogP contribution is 2.70. The van der Waals surface area contributed by atoms with Crippen molar-refractivity contribution in [2.24, 2.45) is 34.5 Å². The fourth-order valence-corrected chi connectivity index (χ4v) is 12.0. The third kappa shape index (κ3) is 7.92. The molecule has 0 aromatic heterocycles. The Bertz CT molecular complexity index is 2220. The number of benzene rings is 2. The van der Waals surface area contributed by atoms with Crippen molar-refractivity contribution in [2.45, 2.75) is 122 Å². The lowest BCUT2D eigenvalue weighted by molar-refractivity contribution is -0.200. The van der Waals surface area contributed by atoms with E-state index < -0.39 is 67.2 Å². The Balaban J connectivity index is 0.954. The highest BCUT2D eigenvalue weighted by Gasteiger charge is 2.76. The first-order valence-electron chi connectivity index (χ1n) is 21.4. The van der Waals surface area contributed by atoms with Gasteiger partial charge in [-0.25, -0.2) is 4.57 Å². The second-order valence-electron chi connectivity index (χ2n) is 19.2. The topological polar surface area (TPSA) is 210 Å². The van der Waals surface area contributed by atoms with Gasteiger partial charge in [0, 0.05) is 33.5 Å². The van der Waals surface area contributed by atoms with E-state index in [9.17, 15) is 38.6 Å². The molecule has 1 heterocycles. The van der Waals surface area contributed by atoms with Gasteiger partial charge in [-0.3, -0.25) is 23.7 Å². The Kier molecular flexibility index (Phi) is 11.3. The average Bonchev–Trinajstić information content (AvgIpc) is 3.47. The first kappa shape index (κ1) is 43.8. The number of phosphoric acid groups is 1. The summed E-state index contributed by atoms with van der Waals surface area (Å²) in [6, 6.07) is 13.9. The number of hydrogen-bond donors (Lipinski definition) is 6. The molecule has 6 aliphatic rings. The van der Waals surface area contributed by atoms with Crippen molar-refractivity contribution in [1.82, 2.24) is 10.6 Å². The number of nitrogens with one attached hydrogen (secondary N) is 3. The molecule has 2 aromatic rings. The molecular formula is C46H58N3O11P. The number of ketones is 2. The first-order valence-corrected chi connectivity index (χ1v) is 22.9. The summed E-state index contributed by atoms with van der Waals surface area (Å²) >= 11 is 0. The summed E-state index contributed by atoms with van der Waals surface area (Å²) in [5, 5.41) is 21.1. The van der Waals surface area contributed by atoms with Crippen LogP contribution in [-0.4, -0.2) is 80.3 Å². The summed E-state index contributed by atoms with van der Waals surface area (Å²) in [7, 11) is -5.01. The zero-order chi connectivity index (χ0) is 43.9. The van der Waals surface area contributed by atoms with Gasteiger partial charge in [0.1, 0.15) is 12.6 Å². The maximum atomic E-state index is 14.4. The van der Waals surface area contributed by atoms with Crippen LogP contribution < -0.4 is 16.0 Å². The molecule has 1 aliphatic heterocycles. The van der Waals surface area contributed by atoms with E-state index in [4.69, 9.17) is 14.0 Å². The van der Waals surface area contributed by atoms with Crippen LogP contribution in [0.5, 0.6) is 0 Å². The van der Waals surface area contributed by atoms with Crippen LogP contribution in [0, 0.1) is 34.5 Å². The summed E-state index contributed by atoms with van der Waals surface area (Å²) in [5.74, 6) is -1.16. The van der Waals surface area contributed by atoms with Crippen molar-refractivity contribution < 1.29 is 52.6 Å². The van der Waals surface area contributed by atoms with E-state index in [0.717, 1.165) is 23.1 Å². The Labute approximate surface area is 356 Å². The van der Waals surface area contributed by atoms with Gasteiger partial charge in [-0.1, -0.05) is 68.8 Å². The van der Waals surface area contributed by atoms with Crippen molar-refractivity contribution in [3.63, 3.8) is 0 Å². The van der Waals surface area contributed by atoms with Crippen LogP contribution in [0.2, 0.25) is 0 Å². The number of fused-ring (bicyclic) bond motifs is 7. The Morgan fingerprint density at radius 3 is 2.41 bits per heavy atom. The number of aliphatic hydroxyl groups excluding tert-OH is 1. The molecule has 1 saturated heterocycles. The van der Waals surface area contributed by atoms with Gasteiger partial charge in [-0.2, -0.15) is 0 Å². The second-order valence-corrected chi connectivity index (χ2v) is 20.4. The van der Waals surface area contributed by atoms with Crippen LogP contribution in [0.15, 0.2) is 72.3 Å². The molecule has 6 N–H and O–H groups in total. The number of ether oxygens (including phenoxy) is 2. The molecule has 5 aliphatic carbocycles. The van der Waals surface area contributed by atoms with E-state index in [1.807, 2.05) is 55.5 Å². The smallest absolute Gasteiger partial charge is 0.393 e. The molecule has 2 aromatic carbocycles. The molecular weight excluding hydrogens is 801 g/mol. The number of phosphoric ester groups is 1. The van der Waals surface area contributed by atoms with Crippen LogP contribution in [-0.2, 0) is 44.2 Å². The fraction of sp³-hybridized carbons (Fsp3) is 0.565. The van der Waals surface area contributed by atoms with E-state index in [1.54, 1.807) is 32.1 Å². The third-order valence-electron chi connectivity index (χ3n) is 15.2. The average molecular weight is 860 g/mol. The zero-order valence-corrected chi connectivity index (χ0v) is 36.4. The maximum Gasteiger partial charge on any atom is 0.470 e. The Morgan fingerprint density at radius 2 is 1.72 bits per heavy atom. The number of Topliss-reactive ketones (excluding diaryl/α,β-unsaturated/α-hetero) is 1. The lowest BCUT2D eigenvalue weighted by atomic mass is 9.46. The molecule has 2 unspecified atom stereocenters. The molecule has 4 saturated carbocycles. The Hall–Kier alpha value is -3.85. The molecule has 5 fully saturated rings. The number of hydrogen-bond acceptors (Lipinski definition) is 10. The monoisotopic (exact) mass is 859 g/mol.